The first-order valence-corrected chi connectivity index (χ1v) is 7.59. The second-order valence-corrected chi connectivity index (χ2v) is 6.61. The van der Waals surface area contributed by atoms with Crippen molar-refractivity contribution in [3.63, 3.8) is 0 Å². The molecule has 0 saturated carbocycles. The molecule has 0 aromatic heterocycles. The maximum Gasteiger partial charge on any atom is 0.307 e. The lowest BCUT2D eigenvalue weighted by Gasteiger charge is -2.16. The van der Waals surface area contributed by atoms with E-state index in [1.54, 1.807) is 0 Å². The van der Waals surface area contributed by atoms with Crippen LogP contribution in [-0.4, -0.2) is 33.2 Å². The lowest BCUT2D eigenvalue weighted by Crippen LogP contribution is -2.22. The Kier molecular flexibility index (Phi) is 5.42. The summed E-state index contributed by atoms with van der Waals surface area (Å²) in [6.07, 6.45) is -1.22. The number of rotatable bonds is 7. The molecule has 0 radical (unpaired) electrons. The van der Waals surface area contributed by atoms with Crippen molar-refractivity contribution >= 4 is 24.6 Å². The van der Waals surface area contributed by atoms with Gasteiger partial charge in [-0.1, -0.05) is 0 Å². The van der Waals surface area contributed by atoms with E-state index in [0.29, 0.717) is 0 Å². The van der Waals surface area contributed by atoms with Crippen molar-refractivity contribution < 1.29 is 33.7 Å². The van der Waals surface area contributed by atoms with Crippen LogP contribution in [0.1, 0.15) is 12.8 Å². The van der Waals surface area contributed by atoms with E-state index in [1.165, 1.54) is 0 Å². The Morgan fingerprint density at radius 1 is 1.20 bits per heavy atom. The number of halogens is 1. The minimum Gasteiger partial charge on any atom is -0.481 e. The Balaban J connectivity index is 2.85. The van der Waals surface area contributed by atoms with Crippen LogP contribution in [0.4, 0.5) is 4.39 Å². The molecule has 0 amide bonds. The van der Waals surface area contributed by atoms with Gasteiger partial charge < -0.3 is 15.1 Å². The summed E-state index contributed by atoms with van der Waals surface area (Å²) < 4.78 is 24.9. The third-order valence-corrected chi connectivity index (χ3v) is 4.79. The van der Waals surface area contributed by atoms with Gasteiger partial charge in [-0.25, -0.2) is 4.39 Å². The zero-order valence-corrected chi connectivity index (χ0v) is 11.3. The molecule has 2 atom stereocenters. The second-order valence-electron chi connectivity index (χ2n) is 4.33. The molecule has 0 spiro atoms. The molecule has 0 aliphatic rings. The molecule has 110 valence electrons. The van der Waals surface area contributed by atoms with Crippen LogP contribution in [0.3, 0.4) is 0 Å². The molecule has 20 heavy (non-hydrogen) atoms. The smallest absolute Gasteiger partial charge is 0.307 e. The highest BCUT2D eigenvalue weighted by molar-refractivity contribution is 7.66. The van der Waals surface area contributed by atoms with Crippen LogP contribution < -0.4 is 5.30 Å². The summed E-state index contributed by atoms with van der Waals surface area (Å²) in [5, 5.41) is 17.4. The van der Waals surface area contributed by atoms with E-state index >= 15 is 0 Å². The van der Waals surface area contributed by atoms with Crippen LogP contribution in [0.25, 0.3) is 0 Å². The van der Waals surface area contributed by atoms with Gasteiger partial charge in [-0.05, 0) is 30.7 Å². The molecule has 1 aromatic carbocycles. The summed E-state index contributed by atoms with van der Waals surface area (Å²) in [4.78, 5) is 31.3. The highest BCUT2D eigenvalue weighted by Gasteiger charge is 2.30. The first-order valence-electron chi connectivity index (χ1n) is 5.75. The summed E-state index contributed by atoms with van der Waals surface area (Å²) in [5.41, 5.74) is 0. The summed E-state index contributed by atoms with van der Waals surface area (Å²) in [7, 11) is -3.98. The quantitative estimate of drug-likeness (QED) is 0.654. The topological polar surface area (TPSA) is 112 Å². The number of hydrogen-bond donors (Lipinski definition) is 3. The van der Waals surface area contributed by atoms with Gasteiger partial charge in [0.1, 0.15) is 5.82 Å². The summed E-state index contributed by atoms with van der Waals surface area (Å²) >= 11 is 0. The van der Waals surface area contributed by atoms with E-state index in [-0.39, 0.29) is 11.7 Å². The molecular weight excluding hydrogens is 290 g/mol. The van der Waals surface area contributed by atoms with Gasteiger partial charge in [0, 0.05) is 17.9 Å². The third kappa shape index (κ3) is 4.75. The SMILES string of the molecule is O=C(O)CCC(CP(=O)(O)c1ccc(F)cc1)C(=O)O. The molecule has 0 fully saturated rings. The first kappa shape index (κ1) is 16.3. The number of benzene rings is 1. The van der Waals surface area contributed by atoms with Crippen LogP contribution in [0.5, 0.6) is 0 Å². The van der Waals surface area contributed by atoms with Gasteiger partial charge in [-0.3, -0.25) is 14.2 Å². The van der Waals surface area contributed by atoms with Gasteiger partial charge in [0.25, 0.3) is 0 Å². The Morgan fingerprint density at radius 3 is 2.20 bits per heavy atom. The zero-order chi connectivity index (χ0) is 15.3. The molecule has 0 aliphatic heterocycles. The van der Waals surface area contributed by atoms with Crippen LogP contribution in [0, 0.1) is 11.7 Å². The Bertz CT molecular complexity index is 541. The zero-order valence-electron chi connectivity index (χ0n) is 10.4. The van der Waals surface area contributed by atoms with Gasteiger partial charge in [0.15, 0.2) is 0 Å². The van der Waals surface area contributed by atoms with Gasteiger partial charge in [0.05, 0.1) is 5.92 Å². The Labute approximate surface area is 114 Å². The van der Waals surface area contributed by atoms with Crippen molar-refractivity contribution in [3.05, 3.63) is 30.1 Å². The normalized spacial score (nSPS) is 15.3. The minimum absolute atomic E-state index is 0.0551. The van der Waals surface area contributed by atoms with Crippen LogP contribution in [0.15, 0.2) is 24.3 Å². The molecule has 0 saturated heterocycles. The fourth-order valence-electron chi connectivity index (χ4n) is 1.67. The maximum atomic E-state index is 12.7. The fraction of sp³-hybridized carbons (Fsp3) is 0.333. The predicted octanol–water partition coefficient (Wildman–Crippen LogP) is 1.29. The maximum absolute atomic E-state index is 12.7. The number of carbonyl (C=O) groups is 2. The van der Waals surface area contributed by atoms with E-state index in [1.807, 2.05) is 0 Å². The van der Waals surface area contributed by atoms with Gasteiger partial charge in [-0.2, -0.15) is 0 Å². The van der Waals surface area contributed by atoms with Crippen LogP contribution in [-0.2, 0) is 14.2 Å². The highest BCUT2D eigenvalue weighted by Crippen LogP contribution is 2.42. The number of carboxylic acid groups (broad SMARTS) is 2. The molecule has 1 rings (SSSR count). The number of carboxylic acids is 2. The number of aliphatic carboxylic acids is 2. The van der Waals surface area contributed by atoms with E-state index < -0.39 is 43.6 Å². The molecule has 1 aromatic rings. The van der Waals surface area contributed by atoms with Crippen molar-refractivity contribution in [2.75, 3.05) is 6.16 Å². The Hall–Kier alpha value is -1.72. The van der Waals surface area contributed by atoms with E-state index in [0.717, 1.165) is 24.3 Å². The van der Waals surface area contributed by atoms with Crippen molar-refractivity contribution in [3.8, 4) is 0 Å². The molecule has 0 bridgehead atoms. The number of hydrogen-bond acceptors (Lipinski definition) is 3. The fourth-order valence-corrected chi connectivity index (χ4v) is 3.43. The lowest BCUT2D eigenvalue weighted by atomic mass is 10.1. The molecule has 8 heteroatoms. The average Bonchev–Trinajstić information content (AvgIpc) is 2.34. The van der Waals surface area contributed by atoms with Crippen molar-refractivity contribution in [2.24, 2.45) is 5.92 Å². The van der Waals surface area contributed by atoms with Crippen molar-refractivity contribution in [1.29, 1.82) is 0 Å². The standard InChI is InChI=1S/C12H14FO6P/c13-9-2-4-10(5-3-9)20(18,19)7-8(12(16)17)1-6-11(14)15/h2-5,8H,1,6-7H2,(H,14,15)(H,16,17)(H,18,19). The van der Waals surface area contributed by atoms with Gasteiger partial charge in [0.2, 0.25) is 7.37 Å². The third-order valence-electron chi connectivity index (χ3n) is 2.75. The molecule has 3 N–H and O–H groups in total. The monoisotopic (exact) mass is 304 g/mol. The lowest BCUT2D eigenvalue weighted by molar-refractivity contribution is -0.142. The van der Waals surface area contributed by atoms with Crippen molar-refractivity contribution in [1.82, 2.24) is 0 Å². The van der Waals surface area contributed by atoms with E-state index in [9.17, 15) is 23.4 Å². The van der Waals surface area contributed by atoms with Crippen molar-refractivity contribution in [2.45, 2.75) is 12.8 Å². The molecular formula is C12H14FO6P. The summed E-state index contributed by atoms with van der Waals surface area (Å²) in [6, 6.07) is 4.24. The second kappa shape index (κ2) is 6.63. The predicted molar refractivity (Wildman–Crippen MR) is 68.7 cm³/mol. The van der Waals surface area contributed by atoms with Crippen LogP contribution in [0.2, 0.25) is 0 Å². The largest absolute Gasteiger partial charge is 0.481 e. The molecule has 0 aliphatic carbocycles. The first-order chi connectivity index (χ1) is 9.22. The minimum atomic E-state index is -3.98. The highest BCUT2D eigenvalue weighted by atomic mass is 31.2. The molecule has 0 heterocycles. The van der Waals surface area contributed by atoms with Gasteiger partial charge >= 0.3 is 11.9 Å². The average molecular weight is 304 g/mol. The molecule has 2 unspecified atom stereocenters. The summed E-state index contributed by atoms with van der Waals surface area (Å²) in [5.74, 6) is -4.32. The van der Waals surface area contributed by atoms with E-state index in [4.69, 9.17) is 10.2 Å². The van der Waals surface area contributed by atoms with E-state index in [2.05, 4.69) is 0 Å². The van der Waals surface area contributed by atoms with Crippen LogP contribution >= 0.6 is 7.37 Å². The van der Waals surface area contributed by atoms with Gasteiger partial charge in [-0.15, -0.1) is 0 Å². The Morgan fingerprint density at radius 2 is 1.75 bits per heavy atom. The molecule has 6 nitrogen and oxygen atoms in total. The summed E-state index contributed by atoms with van der Waals surface area (Å²) in [6.45, 7) is 0.